The van der Waals surface area contributed by atoms with E-state index < -0.39 is 23.8 Å². The van der Waals surface area contributed by atoms with E-state index in [9.17, 15) is 22.8 Å². The molecule has 0 spiro atoms. The first-order valence-electron chi connectivity index (χ1n) is 10.0. The van der Waals surface area contributed by atoms with Gasteiger partial charge in [0, 0.05) is 37.9 Å². The first-order chi connectivity index (χ1) is 13.7. The van der Waals surface area contributed by atoms with Gasteiger partial charge in [0.1, 0.15) is 0 Å². The Kier molecular flexibility index (Phi) is 6.66. The molecule has 1 saturated heterocycles. The highest BCUT2D eigenvalue weighted by atomic mass is 19.4. The van der Waals surface area contributed by atoms with Crippen LogP contribution in [-0.4, -0.2) is 55.1 Å². The van der Waals surface area contributed by atoms with E-state index >= 15 is 0 Å². The molecule has 3 amide bonds. The van der Waals surface area contributed by atoms with Gasteiger partial charge in [0.25, 0.3) is 0 Å². The van der Waals surface area contributed by atoms with E-state index in [-0.39, 0.29) is 11.9 Å². The largest absolute Gasteiger partial charge is 0.416 e. The number of nitrogens with zero attached hydrogens (tertiary/aromatic N) is 2. The van der Waals surface area contributed by atoms with Crippen molar-refractivity contribution in [1.82, 2.24) is 15.5 Å². The Morgan fingerprint density at radius 3 is 2.38 bits per heavy atom. The van der Waals surface area contributed by atoms with E-state index in [4.69, 9.17) is 0 Å². The van der Waals surface area contributed by atoms with E-state index in [0.29, 0.717) is 31.9 Å². The van der Waals surface area contributed by atoms with Crippen LogP contribution in [0.4, 0.5) is 23.7 Å². The predicted molar refractivity (Wildman–Crippen MR) is 104 cm³/mol. The number of piperazine rings is 1. The van der Waals surface area contributed by atoms with Crippen molar-refractivity contribution in [1.29, 1.82) is 0 Å². The fourth-order valence-electron chi connectivity index (χ4n) is 3.92. The lowest BCUT2D eigenvalue weighted by Crippen LogP contribution is -2.56. The Bertz CT molecular complexity index is 727. The summed E-state index contributed by atoms with van der Waals surface area (Å²) in [6, 6.07) is 4.46. The Hall–Kier alpha value is -2.29. The quantitative estimate of drug-likeness (QED) is 0.798. The minimum absolute atomic E-state index is 0.133. The molecule has 1 aromatic rings. The van der Waals surface area contributed by atoms with Gasteiger partial charge in [-0.25, -0.2) is 4.79 Å². The summed E-state index contributed by atoms with van der Waals surface area (Å²) in [6.07, 6.45) is -0.316. The summed E-state index contributed by atoms with van der Waals surface area (Å²) in [4.78, 5) is 28.2. The first kappa shape index (κ1) is 21.4. The van der Waals surface area contributed by atoms with Crippen LogP contribution in [0.25, 0.3) is 0 Å². The lowest BCUT2D eigenvalue weighted by molar-refractivity contribution is -0.137. The third-order valence-electron chi connectivity index (χ3n) is 5.71. The van der Waals surface area contributed by atoms with Crippen LogP contribution in [0.1, 0.15) is 38.2 Å². The summed E-state index contributed by atoms with van der Waals surface area (Å²) >= 11 is 0. The molecule has 0 radical (unpaired) electrons. The molecule has 1 aliphatic heterocycles. The second-order valence-corrected chi connectivity index (χ2v) is 7.69. The van der Waals surface area contributed by atoms with Crippen LogP contribution in [0.2, 0.25) is 0 Å². The number of urea groups is 1. The number of hydrogen-bond acceptors (Lipinski definition) is 4. The molecule has 1 heterocycles. The van der Waals surface area contributed by atoms with E-state index in [1.807, 2.05) is 9.80 Å². The normalized spacial score (nSPS) is 19.8. The minimum Gasteiger partial charge on any atom is -0.369 e. The smallest absolute Gasteiger partial charge is 0.369 e. The zero-order chi connectivity index (χ0) is 21.0. The number of anilines is 1. The number of carbonyl (C=O) groups excluding carboxylic acids is 2. The van der Waals surface area contributed by atoms with Gasteiger partial charge in [0.2, 0.25) is 5.91 Å². The lowest BCUT2D eigenvalue weighted by atomic mass is 10.1. The molecule has 1 aliphatic carbocycles. The van der Waals surface area contributed by atoms with Crippen molar-refractivity contribution in [2.45, 2.75) is 50.9 Å². The van der Waals surface area contributed by atoms with E-state index in [1.54, 1.807) is 13.0 Å². The van der Waals surface area contributed by atoms with Crippen LogP contribution in [0.3, 0.4) is 0 Å². The molecule has 0 aromatic heterocycles. The molecular weight excluding hydrogens is 385 g/mol. The van der Waals surface area contributed by atoms with E-state index in [1.165, 1.54) is 6.07 Å². The first-order valence-corrected chi connectivity index (χ1v) is 10.0. The zero-order valence-electron chi connectivity index (χ0n) is 16.5. The highest BCUT2D eigenvalue weighted by Gasteiger charge is 2.32. The Morgan fingerprint density at radius 1 is 1.10 bits per heavy atom. The second-order valence-electron chi connectivity index (χ2n) is 7.69. The number of hydrogen-bond donors (Lipinski definition) is 2. The van der Waals surface area contributed by atoms with Crippen LogP contribution in [0.15, 0.2) is 24.3 Å². The molecule has 2 fully saturated rings. The number of halogens is 3. The lowest BCUT2D eigenvalue weighted by Gasteiger charge is -2.38. The highest BCUT2D eigenvalue weighted by molar-refractivity contribution is 5.96. The number of imide groups is 1. The fourth-order valence-corrected chi connectivity index (χ4v) is 3.92. The van der Waals surface area contributed by atoms with Crippen molar-refractivity contribution in [3.63, 3.8) is 0 Å². The number of alkyl halides is 3. The molecule has 2 aliphatic rings. The zero-order valence-corrected chi connectivity index (χ0v) is 16.5. The number of nitrogens with one attached hydrogen (secondary N) is 2. The molecular formula is C20H27F3N4O2. The second kappa shape index (κ2) is 9.02. The van der Waals surface area contributed by atoms with Gasteiger partial charge >= 0.3 is 12.2 Å². The van der Waals surface area contributed by atoms with Gasteiger partial charge in [-0.2, -0.15) is 13.2 Å². The third-order valence-corrected chi connectivity index (χ3v) is 5.71. The van der Waals surface area contributed by atoms with Gasteiger partial charge in [-0.15, -0.1) is 0 Å². The Morgan fingerprint density at radius 2 is 1.76 bits per heavy atom. The summed E-state index contributed by atoms with van der Waals surface area (Å²) in [6.45, 7) is 3.79. The summed E-state index contributed by atoms with van der Waals surface area (Å²) < 4.78 is 38.8. The van der Waals surface area contributed by atoms with Crippen LogP contribution in [-0.2, 0) is 11.0 Å². The number of amides is 3. The maximum atomic E-state index is 12.9. The number of carbonyl (C=O) groups is 2. The standard InChI is InChI=1S/C20H27F3N4O2/c1-14(18(28)25-19(29)24-16-6-2-3-7-16)26-9-11-27(12-10-26)17-8-4-5-15(13-17)20(21,22)23/h4-5,8,13-14,16H,2-3,6-7,9-12H2,1H3,(H2,24,25,28,29). The Balaban J connectivity index is 1.49. The molecule has 2 N–H and O–H groups in total. The topological polar surface area (TPSA) is 64.7 Å². The van der Waals surface area contributed by atoms with Crippen molar-refractivity contribution in [2.24, 2.45) is 0 Å². The molecule has 1 aromatic carbocycles. The fraction of sp³-hybridized carbons (Fsp3) is 0.600. The van der Waals surface area contributed by atoms with Crippen LogP contribution >= 0.6 is 0 Å². The number of benzene rings is 1. The van der Waals surface area contributed by atoms with Gasteiger partial charge in [-0.05, 0) is 38.0 Å². The molecule has 6 nitrogen and oxygen atoms in total. The van der Waals surface area contributed by atoms with Gasteiger partial charge in [0.15, 0.2) is 0 Å². The third kappa shape index (κ3) is 5.62. The van der Waals surface area contributed by atoms with Gasteiger partial charge in [-0.1, -0.05) is 18.9 Å². The average Bonchev–Trinajstić information content (AvgIpc) is 3.19. The molecule has 160 valence electrons. The highest BCUT2D eigenvalue weighted by Crippen LogP contribution is 2.32. The summed E-state index contributed by atoms with van der Waals surface area (Å²) in [5.74, 6) is -0.368. The van der Waals surface area contributed by atoms with Gasteiger partial charge < -0.3 is 10.2 Å². The minimum atomic E-state index is -4.37. The number of rotatable bonds is 4. The molecule has 29 heavy (non-hydrogen) atoms. The van der Waals surface area contributed by atoms with Gasteiger partial charge in [0.05, 0.1) is 11.6 Å². The van der Waals surface area contributed by atoms with E-state index in [0.717, 1.165) is 37.8 Å². The predicted octanol–water partition coefficient (Wildman–Crippen LogP) is 2.98. The van der Waals surface area contributed by atoms with Crippen molar-refractivity contribution in [2.75, 3.05) is 31.1 Å². The van der Waals surface area contributed by atoms with Gasteiger partial charge in [-0.3, -0.25) is 15.0 Å². The maximum absolute atomic E-state index is 12.9. The average molecular weight is 412 g/mol. The van der Waals surface area contributed by atoms with Crippen molar-refractivity contribution < 1.29 is 22.8 Å². The molecule has 3 rings (SSSR count). The maximum Gasteiger partial charge on any atom is 0.416 e. The van der Waals surface area contributed by atoms with Crippen molar-refractivity contribution >= 4 is 17.6 Å². The van der Waals surface area contributed by atoms with Crippen LogP contribution in [0.5, 0.6) is 0 Å². The summed E-state index contributed by atoms with van der Waals surface area (Å²) in [7, 11) is 0. The molecule has 0 bridgehead atoms. The van der Waals surface area contributed by atoms with Crippen LogP contribution < -0.4 is 15.5 Å². The van der Waals surface area contributed by atoms with Crippen LogP contribution in [0, 0.1) is 0 Å². The molecule has 1 unspecified atom stereocenters. The Labute approximate surface area is 168 Å². The SMILES string of the molecule is CC(C(=O)NC(=O)NC1CCCC1)N1CCN(c2cccc(C(F)(F)F)c2)CC1. The molecule has 1 saturated carbocycles. The van der Waals surface area contributed by atoms with E-state index in [2.05, 4.69) is 10.6 Å². The molecule has 9 heteroatoms. The summed E-state index contributed by atoms with van der Waals surface area (Å²) in [5.41, 5.74) is -0.147. The monoisotopic (exact) mass is 412 g/mol. The molecule has 1 atom stereocenters. The van der Waals surface area contributed by atoms with Crippen molar-refractivity contribution in [3.05, 3.63) is 29.8 Å². The van der Waals surface area contributed by atoms with Crippen molar-refractivity contribution in [3.8, 4) is 0 Å². The summed E-state index contributed by atoms with van der Waals surface area (Å²) in [5, 5.41) is 5.23.